The Morgan fingerprint density at radius 3 is 2.83 bits per heavy atom. The number of thioether (sulfide) groups is 1. The molecule has 1 aromatic rings. The van der Waals surface area contributed by atoms with Crippen LogP contribution in [0.3, 0.4) is 0 Å². The minimum absolute atomic E-state index is 0.179. The normalized spacial score (nSPS) is 22.1. The molecule has 0 aliphatic carbocycles. The number of aliphatic hydroxyl groups is 1. The van der Waals surface area contributed by atoms with Crippen LogP contribution in [0.1, 0.15) is 29.6 Å². The van der Waals surface area contributed by atoms with E-state index >= 15 is 0 Å². The minimum atomic E-state index is -0.689. The van der Waals surface area contributed by atoms with Crippen molar-refractivity contribution in [3.63, 3.8) is 0 Å². The van der Waals surface area contributed by atoms with Crippen molar-refractivity contribution in [2.24, 2.45) is 0 Å². The number of hydrogen-bond acceptors (Lipinski definition) is 5. The molecule has 6 heteroatoms. The highest BCUT2D eigenvalue weighted by Gasteiger charge is 2.31. The quantitative estimate of drug-likeness (QED) is 0.615. The Morgan fingerprint density at radius 1 is 1.39 bits per heavy atom. The van der Waals surface area contributed by atoms with Crippen molar-refractivity contribution in [1.29, 1.82) is 0 Å². The summed E-state index contributed by atoms with van der Waals surface area (Å²) in [4.78, 5) is 24.0. The third-order valence-corrected chi connectivity index (χ3v) is 4.88. The average Bonchev–Trinajstić information content (AvgIpc) is 2.92. The van der Waals surface area contributed by atoms with Crippen LogP contribution in [0.4, 0.5) is 0 Å². The lowest BCUT2D eigenvalue weighted by Gasteiger charge is -2.16. The Balaban J connectivity index is 1.83. The van der Waals surface area contributed by atoms with Gasteiger partial charge in [-0.05, 0) is 25.0 Å². The fraction of sp³-hybridized carbons (Fsp3) is 0.412. The van der Waals surface area contributed by atoms with Crippen molar-refractivity contribution in [3.8, 4) is 0 Å². The largest absolute Gasteiger partial charge is 0.469 e. The lowest BCUT2D eigenvalue weighted by Crippen LogP contribution is -2.42. The van der Waals surface area contributed by atoms with Gasteiger partial charge in [-0.15, -0.1) is 11.8 Å². The third kappa shape index (κ3) is 5.11. The second-order valence-electron chi connectivity index (χ2n) is 5.28. The van der Waals surface area contributed by atoms with E-state index in [-0.39, 0.29) is 17.9 Å². The Kier molecular flexibility index (Phi) is 6.67. The van der Waals surface area contributed by atoms with E-state index in [0.717, 1.165) is 4.91 Å². The van der Waals surface area contributed by atoms with E-state index in [1.807, 2.05) is 12.1 Å². The van der Waals surface area contributed by atoms with Crippen LogP contribution in [0.5, 0.6) is 0 Å². The van der Waals surface area contributed by atoms with Gasteiger partial charge in [0.1, 0.15) is 6.10 Å². The van der Waals surface area contributed by atoms with E-state index in [2.05, 4.69) is 10.1 Å². The molecule has 0 saturated carbocycles. The first-order valence-electron chi connectivity index (χ1n) is 7.55. The Bertz CT molecular complexity index is 573. The number of ether oxygens (including phenoxy) is 1. The van der Waals surface area contributed by atoms with Gasteiger partial charge in [-0.2, -0.15) is 0 Å². The number of benzene rings is 1. The zero-order valence-corrected chi connectivity index (χ0v) is 13.8. The summed E-state index contributed by atoms with van der Waals surface area (Å²) >= 11 is 1.54. The molecular weight excluding hydrogens is 314 g/mol. The molecule has 1 fully saturated rings. The first-order chi connectivity index (χ1) is 11.1. The predicted molar refractivity (Wildman–Crippen MR) is 90.1 cm³/mol. The van der Waals surface area contributed by atoms with Crippen LogP contribution < -0.4 is 5.32 Å². The van der Waals surface area contributed by atoms with Gasteiger partial charge in [0, 0.05) is 22.6 Å². The molecule has 0 spiro atoms. The van der Waals surface area contributed by atoms with Crippen molar-refractivity contribution in [2.75, 3.05) is 12.9 Å². The number of carbonyl (C=O) groups is 2. The molecule has 1 amide bonds. The van der Waals surface area contributed by atoms with Gasteiger partial charge in [0.05, 0.1) is 13.2 Å². The maximum Gasteiger partial charge on any atom is 0.305 e. The van der Waals surface area contributed by atoms with Gasteiger partial charge in [-0.1, -0.05) is 24.3 Å². The molecular formula is C17H21NO4S. The highest BCUT2D eigenvalue weighted by molar-refractivity contribution is 8.03. The summed E-state index contributed by atoms with van der Waals surface area (Å²) in [6, 6.07) is 8.66. The van der Waals surface area contributed by atoms with Gasteiger partial charge in [0.15, 0.2) is 0 Å². The summed E-state index contributed by atoms with van der Waals surface area (Å²) in [6.45, 7) is 0. The molecule has 1 aliphatic rings. The number of nitrogens with one attached hydrogen (secondary N) is 1. The number of rotatable bonds is 6. The first-order valence-corrected chi connectivity index (χ1v) is 8.54. The smallest absolute Gasteiger partial charge is 0.305 e. The number of allylic oxidation sites excluding steroid dienone is 1. The van der Waals surface area contributed by atoms with Crippen LogP contribution in [-0.4, -0.2) is 42.0 Å². The van der Waals surface area contributed by atoms with Gasteiger partial charge in [-0.3, -0.25) is 9.59 Å². The molecule has 124 valence electrons. The van der Waals surface area contributed by atoms with Gasteiger partial charge in [0.2, 0.25) is 0 Å². The number of methoxy groups -OCH3 is 1. The van der Waals surface area contributed by atoms with Crippen LogP contribution >= 0.6 is 11.8 Å². The fourth-order valence-corrected chi connectivity index (χ4v) is 3.50. The van der Waals surface area contributed by atoms with Crippen LogP contribution in [0, 0.1) is 0 Å². The van der Waals surface area contributed by atoms with Crippen molar-refractivity contribution in [1.82, 2.24) is 5.32 Å². The van der Waals surface area contributed by atoms with Crippen LogP contribution in [-0.2, 0) is 9.53 Å². The van der Waals surface area contributed by atoms with Gasteiger partial charge < -0.3 is 15.2 Å². The Morgan fingerprint density at radius 2 is 2.13 bits per heavy atom. The topological polar surface area (TPSA) is 75.6 Å². The molecule has 0 unspecified atom stereocenters. The average molecular weight is 335 g/mol. The van der Waals surface area contributed by atoms with Gasteiger partial charge in [-0.25, -0.2) is 0 Å². The molecule has 2 atom stereocenters. The second-order valence-corrected chi connectivity index (χ2v) is 6.37. The molecule has 0 bridgehead atoms. The number of unbranched alkanes of at least 4 members (excludes halogenated alkanes) is 1. The first kappa shape index (κ1) is 17.6. The molecule has 2 N–H and O–H groups in total. The van der Waals surface area contributed by atoms with E-state index in [9.17, 15) is 14.7 Å². The number of hydrogen-bond donors (Lipinski definition) is 2. The lowest BCUT2D eigenvalue weighted by molar-refractivity contribution is -0.140. The summed E-state index contributed by atoms with van der Waals surface area (Å²) < 4.78 is 4.58. The van der Waals surface area contributed by atoms with E-state index in [4.69, 9.17) is 0 Å². The van der Waals surface area contributed by atoms with Crippen LogP contribution in [0.2, 0.25) is 0 Å². The number of esters is 1. The molecule has 1 heterocycles. The SMILES string of the molecule is COC(=O)CCC/C=C1/SC[C@@H](NC(=O)c2ccccc2)[C@@H]1O. The molecule has 23 heavy (non-hydrogen) atoms. The van der Waals surface area contributed by atoms with E-state index in [0.29, 0.717) is 30.6 Å². The summed E-state index contributed by atoms with van der Waals surface area (Å²) in [7, 11) is 1.37. The fourth-order valence-electron chi connectivity index (χ4n) is 2.30. The molecule has 0 aromatic heterocycles. The molecule has 2 rings (SSSR count). The predicted octanol–water partition coefficient (Wildman–Crippen LogP) is 2.12. The number of aliphatic hydroxyl groups excluding tert-OH is 1. The summed E-state index contributed by atoms with van der Waals surface area (Å²) in [5.74, 6) is 0.237. The van der Waals surface area contributed by atoms with E-state index < -0.39 is 6.10 Å². The van der Waals surface area contributed by atoms with Crippen molar-refractivity contribution in [3.05, 3.63) is 46.9 Å². The summed E-state index contributed by atoms with van der Waals surface area (Å²) in [6.07, 6.45) is 3.01. The summed E-state index contributed by atoms with van der Waals surface area (Å²) in [5, 5.41) is 13.2. The lowest BCUT2D eigenvalue weighted by atomic mass is 10.1. The van der Waals surface area contributed by atoms with Gasteiger partial charge in [0.25, 0.3) is 5.91 Å². The zero-order chi connectivity index (χ0) is 16.7. The zero-order valence-electron chi connectivity index (χ0n) is 13.0. The maximum atomic E-state index is 12.1. The Labute approximate surface area is 140 Å². The van der Waals surface area contributed by atoms with E-state index in [1.165, 1.54) is 7.11 Å². The third-order valence-electron chi connectivity index (χ3n) is 3.61. The van der Waals surface area contributed by atoms with Crippen molar-refractivity contribution in [2.45, 2.75) is 31.4 Å². The van der Waals surface area contributed by atoms with Crippen LogP contribution in [0.25, 0.3) is 0 Å². The number of carbonyl (C=O) groups excluding carboxylic acids is 2. The molecule has 1 saturated heterocycles. The molecule has 0 radical (unpaired) electrons. The van der Waals surface area contributed by atoms with Crippen molar-refractivity contribution >= 4 is 23.6 Å². The highest BCUT2D eigenvalue weighted by atomic mass is 32.2. The summed E-state index contributed by atoms with van der Waals surface area (Å²) in [5.41, 5.74) is 0.584. The monoisotopic (exact) mass is 335 g/mol. The number of amides is 1. The molecule has 5 nitrogen and oxygen atoms in total. The standard InChI is InChI=1S/C17H21NO4S/c1-22-15(19)10-6-5-9-14-16(20)13(11-23-14)18-17(21)12-7-3-2-4-8-12/h2-4,7-9,13,16,20H,5-6,10-11H2,1H3,(H,18,21)/b14-9+/t13-,16+/m1/s1. The van der Waals surface area contributed by atoms with E-state index in [1.54, 1.807) is 36.0 Å². The molecule has 1 aliphatic heterocycles. The molecule has 1 aromatic carbocycles. The maximum absolute atomic E-state index is 12.1. The van der Waals surface area contributed by atoms with Crippen molar-refractivity contribution < 1.29 is 19.4 Å². The van der Waals surface area contributed by atoms with Crippen LogP contribution in [0.15, 0.2) is 41.3 Å². The second kappa shape index (κ2) is 8.74. The highest BCUT2D eigenvalue weighted by Crippen LogP contribution is 2.32. The Hall–Kier alpha value is -1.79. The minimum Gasteiger partial charge on any atom is -0.469 e. The van der Waals surface area contributed by atoms with Gasteiger partial charge >= 0.3 is 5.97 Å².